The van der Waals surface area contributed by atoms with Crippen LogP contribution in [0.4, 0.5) is 16.2 Å². The summed E-state index contributed by atoms with van der Waals surface area (Å²) in [4.78, 5) is 7.54. The number of hydrogen-bond acceptors (Lipinski definition) is 5. The summed E-state index contributed by atoms with van der Waals surface area (Å²) in [6.45, 7) is 5.93. The number of nitrogens with one attached hydrogen (secondary N) is 2. The first-order valence-corrected chi connectivity index (χ1v) is 4.76. The van der Waals surface area contributed by atoms with Gasteiger partial charge in [0.2, 0.25) is 5.95 Å². The highest BCUT2D eigenvalue weighted by Crippen LogP contribution is 2.19. The molecule has 1 aromatic heterocycles. The predicted molar refractivity (Wildman–Crippen MR) is 57.8 cm³/mol. The van der Waals surface area contributed by atoms with Crippen molar-refractivity contribution in [3.8, 4) is 0 Å². The fourth-order valence-electron chi connectivity index (χ4n) is 0.933. The Kier molecular flexibility index (Phi) is 3.41. The summed E-state index contributed by atoms with van der Waals surface area (Å²) in [7, 11) is 0. The fourth-order valence-corrected chi connectivity index (χ4v) is 0.933. The fraction of sp³-hybridized carbons (Fsp3) is 0.556. The highest BCUT2D eigenvalue weighted by atomic mass is 19.1. The van der Waals surface area contributed by atoms with Crippen molar-refractivity contribution in [1.29, 1.82) is 0 Å². The third-order valence-electron chi connectivity index (χ3n) is 2.21. The van der Waals surface area contributed by atoms with E-state index in [0.717, 1.165) is 12.6 Å². The minimum Gasteiger partial charge on any atom is -0.363 e. The standard InChI is InChI=1S/C9H16FN5/c1-4-9(2,3)14-7-6(10)5-12-8(13-7)15-11/h5H,4,11H2,1-3H3,(H2,12,13,14,15). The Morgan fingerprint density at radius 1 is 1.53 bits per heavy atom. The molecule has 4 N–H and O–H groups in total. The van der Waals surface area contributed by atoms with Crippen molar-refractivity contribution in [1.82, 2.24) is 9.97 Å². The number of nitrogens with zero attached hydrogens (tertiary/aromatic N) is 2. The maximum Gasteiger partial charge on any atom is 0.239 e. The Bertz CT molecular complexity index is 339. The quantitative estimate of drug-likeness (QED) is 0.522. The van der Waals surface area contributed by atoms with Crippen LogP contribution in [0.5, 0.6) is 0 Å². The topological polar surface area (TPSA) is 75.9 Å². The van der Waals surface area contributed by atoms with Crippen molar-refractivity contribution in [2.24, 2.45) is 5.84 Å². The molecule has 0 aliphatic heterocycles. The van der Waals surface area contributed by atoms with Gasteiger partial charge in [-0.05, 0) is 20.3 Å². The van der Waals surface area contributed by atoms with E-state index < -0.39 is 5.82 Å². The molecule has 0 radical (unpaired) electrons. The van der Waals surface area contributed by atoms with E-state index in [4.69, 9.17) is 5.84 Å². The van der Waals surface area contributed by atoms with Gasteiger partial charge in [-0.2, -0.15) is 4.98 Å². The van der Waals surface area contributed by atoms with Crippen molar-refractivity contribution in [2.75, 3.05) is 10.7 Å². The van der Waals surface area contributed by atoms with Crippen molar-refractivity contribution >= 4 is 11.8 Å². The van der Waals surface area contributed by atoms with Crippen molar-refractivity contribution in [3.05, 3.63) is 12.0 Å². The molecule has 1 aromatic rings. The number of halogens is 1. The average molecular weight is 213 g/mol. The van der Waals surface area contributed by atoms with E-state index in [1.54, 1.807) is 0 Å². The zero-order valence-corrected chi connectivity index (χ0v) is 9.13. The Morgan fingerprint density at radius 2 is 2.20 bits per heavy atom. The molecule has 0 spiro atoms. The van der Waals surface area contributed by atoms with Crippen LogP contribution < -0.4 is 16.6 Å². The maximum atomic E-state index is 13.3. The molecule has 1 rings (SSSR count). The molecule has 0 aromatic carbocycles. The minimum absolute atomic E-state index is 0.157. The van der Waals surface area contributed by atoms with Gasteiger partial charge < -0.3 is 5.32 Å². The smallest absolute Gasteiger partial charge is 0.239 e. The molecule has 0 saturated carbocycles. The maximum absolute atomic E-state index is 13.3. The molecule has 15 heavy (non-hydrogen) atoms. The summed E-state index contributed by atoms with van der Waals surface area (Å²) in [5.41, 5.74) is 2.05. The number of nitrogen functional groups attached to an aromatic ring is 1. The van der Waals surface area contributed by atoms with Gasteiger partial charge in [0.25, 0.3) is 0 Å². The summed E-state index contributed by atoms with van der Waals surface area (Å²) in [6.07, 6.45) is 1.93. The molecule has 0 bridgehead atoms. The zero-order chi connectivity index (χ0) is 11.5. The van der Waals surface area contributed by atoms with Gasteiger partial charge in [-0.3, -0.25) is 5.43 Å². The van der Waals surface area contributed by atoms with Crippen LogP contribution in [0.1, 0.15) is 27.2 Å². The molecule has 0 atom stereocenters. The van der Waals surface area contributed by atoms with Gasteiger partial charge in [0.05, 0.1) is 6.20 Å². The van der Waals surface area contributed by atoms with Crippen LogP contribution in [-0.2, 0) is 0 Å². The van der Waals surface area contributed by atoms with Crippen molar-refractivity contribution in [3.63, 3.8) is 0 Å². The monoisotopic (exact) mass is 213 g/mol. The molecular formula is C9H16FN5. The van der Waals surface area contributed by atoms with Gasteiger partial charge in [-0.1, -0.05) is 6.92 Å². The van der Waals surface area contributed by atoms with Gasteiger partial charge in [-0.25, -0.2) is 15.2 Å². The SMILES string of the molecule is CCC(C)(C)Nc1nc(NN)ncc1F. The highest BCUT2D eigenvalue weighted by Gasteiger charge is 2.17. The average Bonchev–Trinajstić information content (AvgIpc) is 2.21. The molecule has 1 heterocycles. The first-order chi connectivity index (χ1) is 6.98. The van der Waals surface area contributed by atoms with Gasteiger partial charge in [0.15, 0.2) is 11.6 Å². The van der Waals surface area contributed by atoms with Gasteiger partial charge in [0, 0.05) is 5.54 Å². The number of hydrazine groups is 1. The summed E-state index contributed by atoms with van der Waals surface area (Å²) in [5.74, 6) is 4.99. The molecular weight excluding hydrogens is 197 g/mol. The molecule has 0 saturated heterocycles. The van der Waals surface area contributed by atoms with E-state index in [9.17, 15) is 4.39 Å². The zero-order valence-electron chi connectivity index (χ0n) is 9.13. The Balaban J connectivity index is 2.93. The lowest BCUT2D eigenvalue weighted by Crippen LogP contribution is -2.31. The summed E-state index contributed by atoms with van der Waals surface area (Å²) < 4.78 is 13.3. The molecule has 0 aliphatic rings. The Morgan fingerprint density at radius 3 is 2.73 bits per heavy atom. The first kappa shape index (κ1) is 11.6. The first-order valence-electron chi connectivity index (χ1n) is 4.76. The second-order valence-corrected chi connectivity index (χ2v) is 3.90. The lowest BCUT2D eigenvalue weighted by Gasteiger charge is -2.25. The summed E-state index contributed by atoms with van der Waals surface area (Å²) >= 11 is 0. The molecule has 0 fully saturated rings. The molecule has 84 valence electrons. The lowest BCUT2D eigenvalue weighted by atomic mass is 10.0. The van der Waals surface area contributed by atoms with E-state index in [0.29, 0.717) is 0 Å². The second kappa shape index (κ2) is 4.39. The van der Waals surface area contributed by atoms with Crippen LogP contribution >= 0.6 is 0 Å². The largest absolute Gasteiger partial charge is 0.363 e. The second-order valence-electron chi connectivity index (χ2n) is 3.90. The van der Waals surface area contributed by atoms with Crippen LogP contribution in [0.15, 0.2) is 6.20 Å². The predicted octanol–water partition coefficient (Wildman–Crippen LogP) is 1.50. The normalized spacial score (nSPS) is 11.3. The highest BCUT2D eigenvalue weighted by molar-refractivity contribution is 5.42. The van der Waals surface area contributed by atoms with Gasteiger partial charge in [0.1, 0.15) is 0 Å². The minimum atomic E-state index is -0.490. The third-order valence-corrected chi connectivity index (χ3v) is 2.21. The number of aromatic nitrogens is 2. The van der Waals surface area contributed by atoms with Crippen LogP contribution in [0.2, 0.25) is 0 Å². The molecule has 0 unspecified atom stereocenters. The molecule has 0 aliphatic carbocycles. The summed E-state index contributed by atoms with van der Waals surface area (Å²) in [5, 5.41) is 2.99. The molecule has 6 heteroatoms. The molecule has 5 nitrogen and oxygen atoms in total. The van der Waals surface area contributed by atoms with Crippen LogP contribution in [0.25, 0.3) is 0 Å². The van der Waals surface area contributed by atoms with Crippen LogP contribution in [0, 0.1) is 5.82 Å². The van der Waals surface area contributed by atoms with E-state index in [-0.39, 0.29) is 17.3 Å². The number of rotatable bonds is 4. The van der Waals surface area contributed by atoms with E-state index >= 15 is 0 Å². The van der Waals surface area contributed by atoms with E-state index in [2.05, 4.69) is 20.7 Å². The van der Waals surface area contributed by atoms with Crippen LogP contribution in [-0.4, -0.2) is 15.5 Å². The lowest BCUT2D eigenvalue weighted by molar-refractivity contribution is 0.532. The van der Waals surface area contributed by atoms with Gasteiger partial charge >= 0.3 is 0 Å². The Labute approximate surface area is 88.3 Å². The van der Waals surface area contributed by atoms with Crippen molar-refractivity contribution < 1.29 is 4.39 Å². The number of nitrogens with two attached hydrogens (primary N) is 1. The number of anilines is 2. The number of hydrogen-bond donors (Lipinski definition) is 3. The third kappa shape index (κ3) is 3.02. The van der Waals surface area contributed by atoms with E-state index in [1.165, 1.54) is 0 Å². The molecule has 0 amide bonds. The Hall–Kier alpha value is -1.43. The van der Waals surface area contributed by atoms with E-state index in [1.807, 2.05) is 20.8 Å². The van der Waals surface area contributed by atoms with Crippen LogP contribution in [0.3, 0.4) is 0 Å². The van der Waals surface area contributed by atoms with Gasteiger partial charge in [-0.15, -0.1) is 0 Å². The van der Waals surface area contributed by atoms with Crippen molar-refractivity contribution in [2.45, 2.75) is 32.7 Å². The summed E-state index contributed by atoms with van der Waals surface area (Å²) in [6, 6.07) is 0.